The van der Waals surface area contributed by atoms with Gasteiger partial charge in [0.2, 0.25) is 0 Å². The summed E-state index contributed by atoms with van der Waals surface area (Å²) in [6, 6.07) is 6.29. The molecule has 106 valence electrons. The monoisotopic (exact) mass is 279 g/mol. The summed E-state index contributed by atoms with van der Waals surface area (Å²) >= 11 is 0. The van der Waals surface area contributed by atoms with Crippen LogP contribution in [0, 0.1) is 17.2 Å². The standard InChI is InChI=1S/C16H17N5/c1-12(4-2-3-7-17)16(10-20-21-11-16)14-6-9-19-15-13(14)5-8-18-15/h5-6,8-12H,2-4H2,1H3,(H,18,19). The maximum Gasteiger partial charge on any atom is 0.137 e. The fraction of sp³-hybridized carbons (Fsp3) is 0.375. The van der Waals surface area contributed by atoms with E-state index in [1.807, 2.05) is 37.0 Å². The second-order valence-corrected chi connectivity index (χ2v) is 5.47. The lowest BCUT2D eigenvalue weighted by molar-refractivity contribution is 0.448. The highest BCUT2D eigenvalue weighted by atomic mass is 15.2. The highest BCUT2D eigenvalue weighted by Gasteiger charge is 2.38. The van der Waals surface area contributed by atoms with Crippen LogP contribution in [0.3, 0.4) is 0 Å². The third-order valence-electron chi connectivity index (χ3n) is 4.28. The van der Waals surface area contributed by atoms with Crippen molar-refractivity contribution in [2.24, 2.45) is 16.1 Å². The first-order valence-electron chi connectivity index (χ1n) is 7.16. The first-order chi connectivity index (χ1) is 10.3. The molecule has 0 amide bonds. The molecule has 0 spiro atoms. The summed E-state index contributed by atoms with van der Waals surface area (Å²) in [5.74, 6) is 0.321. The van der Waals surface area contributed by atoms with Gasteiger partial charge in [-0.2, -0.15) is 15.5 Å². The largest absolute Gasteiger partial charge is 0.346 e. The van der Waals surface area contributed by atoms with Gasteiger partial charge >= 0.3 is 0 Å². The molecule has 2 aromatic heterocycles. The van der Waals surface area contributed by atoms with E-state index in [1.54, 1.807) is 0 Å². The van der Waals surface area contributed by atoms with Crippen molar-refractivity contribution in [2.75, 3.05) is 0 Å². The predicted molar refractivity (Wildman–Crippen MR) is 83.4 cm³/mol. The Bertz CT molecular complexity index is 722. The van der Waals surface area contributed by atoms with Gasteiger partial charge in [0, 0.05) is 36.6 Å². The second-order valence-electron chi connectivity index (χ2n) is 5.47. The van der Waals surface area contributed by atoms with Crippen LogP contribution in [-0.2, 0) is 5.41 Å². The van der Waals surface area contributed by atoms with Gasteiger partial charge in [0.15, 0.2) is 0 Å². The van der Waals surface area contributed by atoms with Gasteiger partial charge in [0.25, 0.3) is 0 Å². The number of rotatable bonds is 5. The number of nitriles is 1. The minimum absolute atomic E-state index is 0.307. The van der Waals surface area contributed by atoms with E-state index in [-0.39, 0.29) is 5.41 Å². The summed E-state index contributed by atoms with van der Waals surface area (Å²) < 4.78 is 0. The number of H-pyrrole nitrogens is 1. The minimum Gasteiger partial charge on any atom is -0.346 e. The summed E-state index contributed by atoms with van der Waals surface area (Å²) in [5, 5.41) is 18.0. The van der Waals surface area contributed by atoms with E-state index < -0.39 is 0 Å². The summed E-state index contributed by atoms with van der Waals surface area (Å²) in [6.07, 6.45) is 10.0. The second kappa shape index (κ2) is 5.49. The smallest absolute Gasteiger partial charge is 0.137 e. The molecule has 1 aliphatic heterocycles. The Kier molecular flexibility index (Phi) is 3.53. The molecular weight excluding hydrogens is 262 g/mol. The maximum atomic E-state index is 8.72. The average molecular weight is 279 g/mol. The Morgan fingerprint density at radius 3 is 2.90 bits per heavy atom. The molecule has 0 fully saturated rings. The van der Waals surface area contributed by atoms with Crippen molar-refractivity contribution in [1.29, 1.82) is 5.26 Å². The zero-order chi connectivity index (χ0) is 14.7. The van der Waals surface area contributed by atoms with Crippen molar-refractivity contribution in [3.63, 3.8) is 0 Å². The van der Waals surface area contributed by atoms with Crippen LogP contribution in [0.25, 0.3) is 11.0 Å². The van der Waals surface area contributed by atoms with E-state index >= 15 is 0 Å². The van der Waals surface area contributed by atoms with E-state index in [4.69, 9.17) is 5.26 Å². The van der Waals surface area contributed by atoms with Crippen LogP contribution in [0.15, 0.2) is 34.7 Å². The fourth-order valence-electron chi connectivity index (χ4n) is 3.01. The van der Waals surface area contributed by atoms with Crippen molar-refractivity contribution >= 4 is 23.5 Å². The van der Waals surface area contributed by atoms with Gasteiger partial charge < -0.3 is 4.98 Å². The molecule has 3 heterocycles. The van der Waals surface area contributed by atoms with E-state index in [9.17, 15) is 0 Å². The van der Waals surface area contributed by atoms with Gasteiger partial charge in [-0.25, -0.2) is 4.98 Å². The van der Waals surface area contributed by atoms with Gasteiger partial charge in [-0.3, -0.25) is 0 Å². The number of nitrogens with zero attached hydrogens (tertiary/aromatic N) is 4. The first-order valence-corrected chi connectivity index (χ1v) is 7.16. The van der Waals surface area contributed by atoms with E-state index in [2.05, 4.69) is 33.2 Å². The molecule has 21 heavy (non-hydrogen) atoms. The molecule has 0 bridgehead atoms. The SMILES string of the molecule is CC(CCCC#N)C1(c2ccnc3[nH]ccc23)C=NN=C1. The first kappa shape index (κ1) is 13.5. The Labute approximate surface area is 123 Å². The topological polar surface area (TPSA) is 77.2 Å². The van der Waals surface area contributed by atoms with Gasteiger partial charge in [0.1, 0.15) is 5.65 Å². The number of unbranched alkanes of at least 4 members (excludes halogenated alkanes) is 1. The summed E-state index contributed by atoms with van der Waals surface area (Å²) in [4.78, 5) is 7.50. The summed E-state index contributed by atoms with van der Waals surface area (Å²) in [7, 11) is 0. The van der Waals surface area contributed by atoms with Crippen molar-refractivity contribution < 1.29 is 0 Å². The van der Waals surface area contributed by atoms with Gasteiger partial charge in [-0.1, -0.05) is 6.92 Å². The highest BCUT2D eigenvalue weighted by Crippen LogP contribution is 2.37. The molecule has 1 N–H and O–H groups in total. The van der Waals surface area contributed by atoms with E-state index in [0.29, 0.717) is 12.3 Å². The zero-order valence-corrected chi connectivity index (χ0v) is 12.0. The lowest BCUT2D eigenvalue weighted by atomic mass is 9.70. The third-order valence-corrected chi connectivity index (χ3v) is 4.28. The van der Waals surface area contributed by atoms with Crippen LogP contribution < -0.4 is 0 Å². The molecule has 5 heteroatoms. The van der Waals surface area contributed by atoms with Crippen molar-refractivity contribution in [3.05, 3.63) is 30.1 Å². The number of pyridine rings is 1. The van der Waals surface area contributed by atoms with E-state index in [1.165, 1.54) is 5.56 Å². The third kappa shape index (κ3) is 2.23. The van der Waals surface area contributed by atoms with Crippen molar-refractivity contribution in [2.45, 2.75) is 31.6 Å². The predicted octanol–water partition coefficient (Wildman–Crippen LogP) is 3.20. The van der Waals surface area contributed by atoms with Crippen LogP contribution >= 0.6 is 0 Å². The van der Waals surface area contributed by atoms with Crippen LogP contribution in [-0.4, -0.2) is 22.4 Å². The zero-order valence-electron chi connectivity index (χ0n) is 12.0. The van der Waals surface area contributed by atoms with Crippen molar-refractivity contribution in [3.8, 4) is 6.07 Å². The van der Waals surface area contributed by atoms with E-state index in [0.717, 1.165) is 23.9 Å². The van der Waals surface area contributed by atoms with Crippen LogP contribution in [0.4, 0.5) is 0 Å². The Morgan fingerprint density at radius 2 is 2.14 bits per heavy atom. The molecule has 0 aliphatic carbocycles. The quantitative estimate of drug-likeness (QED) is 0.853. The molecule has 3 rings (SSSR count). The van der Waals surface area contributed by atoms with Crippen LogP contribution in [0.5, 0.6) is 0 Å². The molecule has 0 aromatic carbocycles. The maximum absolute atomic E-state index is 8.72. The molecular formula is C16H17N5. The number of aromatic amines is 1. The van der Waals surface area contributed by atoms with Crippen LogP contribution in [0.2, 0.25) is 0 Å². The number of hydrogen-bond acceptors (Lipinski definition) is 4. The van der Waals surface area contributed by atoms with Gasteiger partial charge in [-0.15, -0.1) is 0 Å². The number of hydrogen-bond donors (Lipinski definition) is 1. The lowest BCUT2D eigenvalue weighted by Gasteiger charge is -2.31. The van der Waals surface area contributed by atoms with Crippen LogP contribution in [0.1, 0.15) is 31.7 Å². The number of fused-ring (bicyclic) bond motifs is 1. The average Bonchev–Trinajstić information content (AvgIpc) is 3.16. The van der Waals surface area contributed by atoms with Crippen molar-refractivity contribution in [1.82, 2.24) is 9.97 Å². The Balaban J connectivity index is 2.02. The normalized spacial score (nSPS) is 17.1. The molecule has 1 aliphatic rings. The Morgan fingerprint density at radius 1 is 1.33 bits per heavy atom. The lowest BCUT2D eigenvalue weighted by Crippen LogP contribution is -2.36. The minimum atomic E-state index is -0.307. The fourth-order valence-corrected chi connectivity index (χ4v) is 3.01. The highest BCUT2D eigenvalue weighted by molar-refractivity contribution is 6.03. The molecule has 5 nitrogen and oxygen atoms in total. The number of aromatic nitrogens is 2. The molecule has 0 saturated carbocycles. The van der Waals surface area contributed by atoms with Gasteiger partial charge in [-0.05, 0) is 36.5 Å². The molecule has 1 unspecified atom stereocenters. The molecule has 0 radical (unpaired) electrons. The summed E-state index contributed by atoms with van der Waals surface area (Å²) in [6.45, 7) is 2.19. The summed E-state index contributed by atoms with van der Waals surface area (Å²) in [5.41, 5.74) is 1.74. The molecule has 2 aromatic rings. The molecule has 1 atom stereocenters. The number of nitrogens with one attached hydrogen (secondary N) is 1. The Hall–Kier alpha value is -2.48. The molecule has 0 saturated heterocycles. The van der Waals surface area contributed by atoms with Gasteiger partial charge in [0.05, 0.1) is 11.5 Å².